The van der Waals surface area contributed by atoms with E-state index < -0.39 is 0 Å². The molecule has 1 aromatic heterocycles. The van der Waals surface area contributed by atoms with E-state index in [-0.39, 0.29) is 18.4 Å². The van der Waals surface area contributed by atoms with Gasteiger partial charge in [-0.1, -0.05) is 17.3 Å². The third kappa shape index (κ3) is 5.65. The van der Waals surface area contributed by atoms with Gasteiger partial charge in [-0.15, -0.1) is 0 Å². The van der Waals surface area contributed by atoms with Gasteiger partial charge in [0.1, 0.15) is 5.75 Å². The normalized spacial score (nSPS) is 10.4. The first-order chi connectivity index (χ1) is 13.9. The molecule has 0 radical (unpaired) electrons. The number of carbonyl (C=O) groups excluding carboxylic acids is 2. The average Bonchev–Trinajstić information content (AvgIpc) is 3.12. The van der Waals surface area contributed by atoms with Crippen molar-refractivity contribution in [1.82, 2.24) is 15.0 Å². The van der Waals surface area contributed by atoms with Crippen LogP contribution in [-0.2, 0) is 17.9 Å². The third-order valence-corrected chi connectivity index (χ3v) is 4.20. The molecule has 150 valence electrons. The number of carbonyl (C=O) groups is 2. The summed E-state index contributed by atoms with van der Waals surface area (Å²) in [5, 5.41) is 6.63. The number of aromatic nitrogens is 2. The number of hydrogen-bond donors (Lipinski definition) is 1. The highest BCUT2D eigenvalue weighted by atomic mass is 16.5. The topological polar surface area (TPSA) is 97.6 Å². The highest BCUT2D eigenvalue weighted by molar-refractivity contribution is 6.04. The molecule has 29 heavy (non-hydrogen) atoms. The molecule has 8 heteroatoms. The van der Waals surface area contributed by atoms with Crippen LogP contribution in [0.15, 0.2) is 53.1 Å². The molecule has 0 aliphatic rings. The number of amides is 2. The Morgan fingerprint density at radius 1 is 1.17 bits per heavy atom. The summed E-state index contributed by atoms with van der Waals surface area (Å²) >= 11 is 0. The van der Waals surface area contributed by atoms with Crippen LogP contribution < -0.4 is 10.1 Å². The van der Waals surface area contributed by atoms with Crippen LogP contribution in [-0.4, -0.2) is 33.9 Å². The van der Waals surface area contributed by atoms with E-state index in [1.807, 2.05) is 18.2 Å². The van der Waals surface area contributed by atoms with E-state index in [0.29, 0.717) is 35.3 Å². The van der Waals surface area contributed by atoms with E-state index in [4.69, 9.17) is 9.26 Å². The molecule has 3 rings (SSSR count). The Kier molecular flexibility index (Phi) is 6.23. The fraction of sp³-hybridized carbons (Fsp3) is 0.238. The number of anilines is 1. The van der Waals surface area contributed by atoms with Crippen molar-refractivity contribution in [2.24, 2.45) is 0 Å². The Hall–Kier alpha value is -3.68. The molecule has 2 aromatic carbocycles. The minimum atomic E-state index is -0.234. The fourth-order valence-electron chi connectivity index (χ4n) is 2.59. The monoisotopic (exact) mass is 394 g/mol. The standard InChI is InChI=1S/C21H22N4O4/c1-14-22-20(24-29-14)13-28-19-9-7-17(8-10-19)21(27)23-18-6-4-5-16(11-18)12-25(3)15(2)26/h4-11H,12-13H2,1-3H3,(H,23,27). The quantitative estimate of drug-likeness (QED) is 0.661. The number of aryl methyl sites for hydroxylation is 1. The van der Waals surface area contributed by atoms with Gasteiger partial charge in [-0.2, -0.15) is 4.98 Å². The smallest absolute Gasteiger partial charge is 0.255 e. The zero-order chi connectivity index (χ0) is 20.8. The van der Waals surface area contributed by atoms with Crippen molar-refractivity contribution in [2.45, 2.75) is 27.0 Å². The van der Waals surface area contributed by atoms with Crippen LogP contribution in [0.3, 0.4) is 0 Å². The molecular weight excluding hydrogens is 372 g/mol. The molecule has 0 fully saturated rings. The Morgan fingerprint density at radius 2 is 1.93 bits per heavy atom. The molecule has 8 nitrogen and oxygen atoms in total. The van der Waals surface area contributed by atoms with Gasteiger partial charge in [0.2, 0.25) is 17.6 Å². The van der Waals surface area contributed by atoms with Crippen molar-refractivity contribution >= 4 is 17.5 Å². The van der Waals surface area contributed by atoms with E-state index in [2.05, 4.69) is 15.5 Å². The molecule has 0 saturated carbocycles. The second-order valence-electron chi connectivity index (χ2n) is 6.57. The molecule has 0 unspecified atom stereocenters. The van der Waals surface area contributed by atoms with Crippen molar-refractivity contribution < 1.29 is 18.8 Å². The van der Waals surface area contributed by atoms with Gasteiger partial charge in [0, 0.05) is 38.7 Å². The molecule has 0 bridgehead atoms. The molecule has 3 aromatic rings. The first-order valence-electron chi connectivity index (χ1n) is 9.05. The lowest BCUT2D eigenvalue weighted by molar-refractivity contribution is -0.128. The van der Waals surface area contributed by atoms with Crippen LogP contribution >= 0.6 is 0 Å². The zero-order valence-corrected chi connectivity index (χ0v) is 16.5. The summed E-state index contributed by atoms with van der Waals surface area (Å²) in [7, 11) is 1.73. The molecule has 0 spiro atoms. The number of rotatable bonds is 7. The number of benzene rings is 2. The van der Waals surface area contributed by atoms with Gasteiger partial charge in [-0.25, -0.2) is 0 Å². The van der Waals surface area contributed by atoms with Crippen molar-refractivity contribution in [3.05, 3.63) is 71.4 Å². The molecule has 1 N–H and O–H groups in total. The summed E-state index contributed by atoms with van der Waals surface area (Å²) in [6, 6.07) is 14.2. The van der Waals surface area contributed by atoms with Gasteiger partial charge >= 0.3 is 0 Å². The van der Waals surface area contributed by atoms with Gasteiger partial charge < -0.3 is 19.5 Å². The first kappa shape index (κ1) is 20.1. The first-order valence-corrected chi connectivity index (χ1v) is 9.05. The van der Waals surface area contributed by atoms with Gasteiger partial charge in [0.25, 0.3) is 5.91 Å². The molecule has 0 saturated heterocycles. The highest BCUT2D eigenvalue weighted by Crippen LogP contribution is 2.17. The second kappa shape index (κ2) is 9.01. The van der Waals surface area contributed by atoms with Crippen LogP contribution in [0.1, 0.15) is 34.6 Å². The Bertz CT molecular complexity index is 998. The molecule has 1 heterocycles. The minimum Gasteiger partial charge on any atom is -0.485 e. The maximum atomic E-state index is 12.5. The van der Waals surface area contributed by atoms with E-state index in [9.17, 15) is 9.59 Å². The Labute approximate surface area is 168 Å². The number of nitrogens with one attached hydrogen (secondary N) is 1. The van der Waals surface area contributed by atoms with Crippen LogP contribution in [0.4, 0.5) is 5.69 Å². The lowest BCUT2D eigenvalue weighted by atomic mass is 10.1. The number of ether oxygens (including phenoxy) is 1. The lowest BCUT2D eigenvalue weighted by Crippen LogP contribution is -2.23. The van der Waals surface area contributed by atoms with Crippen molar-refractivity contribution in [1.29, 1.82) is 0 Å². The van der Waals surface area contributed by atoms with Gasteiger partial charge in [0.05, 0.1) is 0 Å². The summed E-state index contributed by atoms with van der Waals surface area (Å²) < 4.78 is 10.5. The van der Waals surface area contributed by atoms with Crippen LogP contribution in [0, 0.1) is 6.92 Å². The maximum Gasteiger partial charge on any atom is 0.255 e. The van der Waals surface area contributed by atoms with Crippen LogP contribution in [0.5, 0.6) is 5.75 Å². The zero-order valence-electron chi connectivity index (χ0n) is 16.5. The summed E-state index contributed by atoms with van der Waals surface area (Å²) in [6.07, 6.45) is 0. The van der Waals surface area contributed by atoms with Crippen LogP contribution in [0.25, 0.3) is 0 Å². The van der Waals surface area contributed by atoms with Crippen molar-refractivity contribution in [3.63, 3.8) is 0 Å². The average molecular weight is 394 g/mol. The van der Waals surface area contributed by atoms with Gasteiger partial charge in [-0.3, -0.25) is 9.59 Å². The molecule has 0 atom stereocenters. The fourth-order valence-corrected chi connectivity index (χ4v) is 2.59. The van der Waals surface area contributed by atoms with E-state index >= 15 is 0 Å². The third-order valence-electron chi connectivity index (χ3n) is 4.20. The van der Waals surface area contributed by atoms with E-state index in [0.717, 1.165) is 5.56 Å². The van der Waals surface area contributed by atoms with Gasteiger partial charge in [0.15, 0.2) is 6.61 Å². The Morgan fingerprint density at radius 3 is 2.59 bits per heavy atom. The minimum absolute atomic E-state index is 0.0174. The molecule has 2 amide bonds. The Balaban J connectivity index is 1.58. The maximum absolute atomic E-state index is 12.5. The number of nitrogens with zero attached hydrogens (tertiary/aromatic N) is 3. The molecule has 0 aliphatic carbocycles. The SMILES string of the molecule is CC(=O)N(C)Cc1cccc(NC(=O)c2ccc(OCc3noc(C)n3)cc2)c1. The summed E-state index contributed by atoms with van der Waals surface area (Å²) in [5.74, 6) is 1.28. The predicted molar refractivity (Wildman–Crippen MR) is 106 cm³/mol. The molecular formula is C21H22N4O4. The highest BCUT2D eigenvalue weighted by Gasteiger charge is 2.09. The summed E-state index contributed by atoms with van der Waals surface area (Å²) in [6.45, 7) is 3.89. The van der Waals surface area contributed by atoms with E-state index in [1.54, 1.807) is 49.2 Å². The van der Waals surface area contributed by atoms with E-state index in [1.165, 1.54) is 6.92 Å². The largest absolute Gasteiger partial charge is 0.485 e. The predicted octanol–water partition coefficient (Wildman–Crippen LogP) is 3.19. The molecule has 0 aliphatic heterocycles. The van der Waals surface area contributed by atoms with Gasteiger partial charge in [-0.05, 0) is 42.0 Å². The number of hydrogen-bond acceptors (Lipinski definition) is 6. The summed E-state index contributed by atoms with van der Waals surface area (Å²) in [5.41, 5.74) is 2.09. The van der Waals surface area contributed by atoms with Crippen molar-refractivity contribution in [3.8, 4) is 5.75 Å². The summed E-state index contributed by atoms with van der Waals surface area (Å²) in [4.78, 5) is 29.6. The second-order valence-corrected chi connectivity index (χ2v) is 6.57. The lowest BCUT2D eigenvalue weighted by Gasteiger charge is -2.15. The van der Waals surface area contributed by atoms with Crippen LogP contribution in [0.2, 0.25) is 0 Å². The van der Waals surface area contributed by atoms with Crippen molar-refractivity contribution in [2.75, 3.05) is 12.4 Å².